The van der Waals surface area contributed by atoms with Gasteiger partial charge in [0.25, 0.3) is 5.91 Å². The van der Waals surface area contributed by atoms with Crippen molar-refractivity contribution in [2.75, 3.05) is 19.0 Å². The van der Waals surface area contributed by atoms with E-state index in [0.717, 1.165) is 16.5 Å². The van der Waals surface area contributed by atoms with Crippen molar-refractivity contribution in [3.8, 4) is 0 Å². The maximum Gasteiger partial charge on any atom is 0.253 e. The topological polar surface area (TPSA) is 81.7 Å². The normalized spacial score (nSPS) is 12.0. The molecule has 1 unspecified atom stereocenters. The zero-order valence-corrected chi connectivity index (χ0v) is 14.9. The Balaban J connectivity index is 2.21. The fourth-order valence-electron chi connectivity index (χ4n) is 2.83. The number of anilines is 1. The van der Waals surface area contributed by atoms with Crippen molar-refractivity contribution >= 4 is 28.2 Å². The van der Waals surface area contributed by atoms with Crippen LogP contribution in [-0.2, 0) is 4.79 Å². The second-order valence-electron chi connectivity index (χ2n) is 6.32. The summed E-state index contributed by atoms with van der Waals surface area (Å²) in [5.74, 6) is -0.177. The summed E-state index contributed by atoms with van der Waals surface area (Å²) >= 11 is 0. The molecule has 0 radical (unpaired) electrons. The minimum atomic E-state index is -0.598. The molecule has 0 spiro atoms. The van der Waals surface area contributed by atoms with Gasteiger partial charge in [-0.15, -0.1) is 0 Å². The lowest BCUT2D eigenvalue weighted by molar-refractivity contribution is -0.117. The van der Waals surface area contributed by atoms with Gasteiger partial charge in [0, 0.05) is 37.2 Å². The summed E-state index contributed by atoms with van der Waals surface area (Å²) in [5, 5.41) is 13.9. The number of amides is 1. The maximum absolute atomic E-state index is 12.7. The number of nitrogens with zero attached hydrogens (tertiary/aromatic N) is 1. The summed E-state index contributed by atoms with van der Waals surface area (Å²) in [7, 11) is 3.92. The van der Waals surface area contributed by atoms with Crippen LogP contribution >= 0.6 is 0 Å². The standard InChI is InChI=1S/C19H25N3O3/c1-13(23)7-6-10-18(21-25)20-19(24)16-11-12-17(22(2)3)15-9-5-4-8-14(15)16/h4-5,8-9,11-12,18,21,25H,6-7,10H2,1-3H3,(H,20,24). The highest BCUT2D eigenvalue weighted by Gasteiger charge is 2.16. The molecule has 0 saturated carbocycles. The Morgan fingerprint density at radius 1 is 1.12 bits per heavy atom. The minimum absolute atomic E-state index is 0.0910. The second-order valence-corrected chi connectivity index (χ2v) is 6.32. The number of nitrogens with one attached hydrogen (secondary N) is 2. The van der Waals surface area contributed by atoms with Crippen LogP contribution in [0.3, 0.4) is 0 Å². The van der Waals surface area contributed by atoms with Crippen LogP contribution in [0.1, 0.15) is 36.5 Å². The van der Waals surface area contributed by atoms with Crippen molar-refractivity contribution in [1.82, 2.24) is 10.8 Å². The number of hydroxylamine groups is 1. The lowest BCUT2D eigenvalue weighted by Crippen LogP contribution is -2.44. The van der Waals surface area contributed by atoms with Gasteiger partial charge in [0.2, 0.25) is 0 Å². The summed E-state index contributed by atoms with van der Waals surface area (Å²) in [6.07, 6.45) is 0.886. The van der Waals surface area contributed by atoms with Crippen molar-refractivity contribution in [2.45, 2.75) is 32.4 Å². The molecule has 0 aliphatic carbocycles. The van der Waals surface area contributed by atoms with Crippen molar-refractivity contribution < 1.29 is 14.8 Å². The highest BCUT2D eigenvalue weighted by molar-refractivity contribution is 6.10. The number of rotatable bonds is 8. The Morgan fingerprint density at radius 3 is 2.40 bits per heavy atom. The molecule has 0 heterocycles. The quantitative estimate of drug-likeness (QED) is 0.507. The SMILES string of the molecule is CC(=O)CCCC(NO)NC(=O)c1ccc(N(C)C)c2ccccc12. The highest BCUT2D eigenvalue weighted by atomic mass is 16.5. The molecule has 2 aromatic rings. The summed E-state index contributed by atoms with van der Waals surface area (Å²) in [6, 6.07) is 11.4. The predicted molar refractivity (Wildman–Crippen MR) is 99.0 cm³/mol. The first-order valence-corrected chi connectivity index (χ1v) is 8.33. The molecule has 0 aliphatic rings. The van der Waals surface area contributed by atoms with Crippen LogP contribution in [0, 0.1) is 0 Å². The number of Topliss-reactive ketones (excluding diaryl/α,β-unsaturated/α-hetero) is 1. The molecule has 6 heteroatoms. The molecular weight excluding hydrogens is 318 g/mol. The van der Waals surface area contributed by atoms with E-state index in [2.05, 4.69) is 10.8 Å². The summed E-state index contributed by atoms with van der Waals surface area (Å²) in [6.45, 7) is 1.53. The lowest BCUT2D eigenvalue weighted by Gasteiger charge is -2.20. The van der Waals surface area contributed by atoms with Gasteiger partial charge in [-0.1, -0.05) is 24.3 Å². The Morgan fingerprint density at radius 2 is 1.80 bits per heavy atom. The monoisotopic (exact) mass is 343 g/mol. The third kappa shape index (κ3) is 4.78. The largest absolute Gasteiger partial charge is 0.377 e. The van der Waals surface area contributed by atoms with E-state index in [1.807, 2.05) is 49.3 Å². The smallest absolute Gasteiger partial charge is 0.253 e. The Bertz CT molecular complexity index is 759. The second kappa shape index (κ2) is 8.60. The Hall–Kier alpha value is -2.44. The first-order chi connectivity index (χ1) is 11.9. The van der Waals surface area contributed by atoms with Gasteiger partial charge >= 0.3 is 0 Å². The number of hydrogen-bond donors (Lipinski definition) is 3. The molecule has 0 aliphatic heterocycles. The molecule has 25 heavy (non-hydrogen) atoms. The zero-order valence-electron chi connectivity index (χ0n) is 14.9. The van der Waals surface area contributed by atoms with Crippen LogP contribution in [0.15, 0.2) is 36.4 Å². The van der Waals surface area contributed by atoms with Crippen LogP contribution < -0.4 is 15.7 Å². The minimum Gasteiger partial charge on any atom is -0.377 e. The van der Waals surface area contributed by atoms with E-state index in [0.29, 0.717) is 24.8 Å². The van der Waals surface area contributed by atoms with E-state index in [1.54, 1.807) is 6.07 Å². The van der Waals surface area contributed by atoms with E-state index in [-0.39, 0.29) is 11.7 Å². The molecule has 0 aromatic heterocycles. The fraction of sp³-hybridized carbons (Fsp3) is 0.368. The first-order valence-electron chi connectivity index (χ1n) is 8.33. The van der Waals surface area contributed by atoms with Gasteiger partial charge in [-0.25, -0.2) is 0 Å². The van der Waals surface area contributed by atoms with E-state index in [4.69, 9.17) is 0 Å². The van der Waals surface area contributed by atoms with Gasteiger partial charge in [0.15, 0.2) is 0 Å². The van der Waals surface area contributed by atoms with Crippen LogP contribution in [0.2, 0.25) is 0 Å². The van der Waals surface area contributed by atoms with Crippen LogP contribution in [0.5, 0.6) is 0 Å². The molecule has 1 atom stereocenters. The summed E-state index contributed by atoms with van der Waals surface area (Å²) in [4.78, 5) is 25.7. The van der Waals surface area contributed by atoms with E-state index >= 15 is 0 Å². The summed E-state index contributed by atoms with van der Waals surface area (Å²) in [5.41, 5.74) is 3.68. The molecule has 0 bridgehead atoms. The van der Waals surface area contributed by atoms with Gasteiger partial charge in [-0.05, 0) is 37.3 Å². The first kappa shape index (κ1) is 18.9. The fourth-order valence-corrected chi connectivity index (χ4v) is 2.83. The van der Waals surface area contributed by atoms with E-state index in [9.17, 15) is 14.8 Å². The molecule has 0 fully saturated rings. The number of fused-ring (bicyclic) bond motifs is 1. The third-order valence-corrected chi connectivity index (χ3v) is 4.11. The van der Waals surface area contributed by atoms with Crippen molar-refractivity contribution in [1.29, 1.82) is 0 Å². The number of ketones is 1. The average molecular weight is 343 g/mol. The van der Waals surface area contributed by atoms with Crippen LogP contribution in [0.25, 0.3) is 10.8 Å². The zero-order chi connectivity index (χ0) is 18.4. The van der Waals surface area contributed by atoms with E-state index in [1.165, 1.54) is 6.92 Å². The highest BCUT2D eigenvalue weighted by Crippen LogP contribution is 2.28. The van der Waals surface area contributed by atoms with Gasteiger partial charge in [0.1, 0.15) is 11.9 Å². The van der Waals surface area contributed by atoms with Crippen molar-refractivity contribution in [3.05, 3.63) is 42.0 Å². The maximum atomic E-state index is 12.7. The third-order valence-electron chi connectivity index (χ3n) is 4.11. The van der Waals surface area contributed by atoms with Crippen LogP contribution in [0.4, 0.5) is 5.69 Å². The van der Waals surface area contributed by atoms with Crippen molar-refractivity contribution in [3.63, 3.8) is 0 Å². The van der Waals surface area contributed by atoms with Gasteiger partial charge < -0.3 is 20.2 Å². The molecule has 2 aromatic carbocycles. The molecule has 2 rings (SSSR count). The van der Waals surface area contributed by atoms with Crippen molar-refractivity contribution in [2.24, 2.45) is 0 Å². The molecular formula is C19H25N3O3. The number of hydrogen-bond acceptors (Lipinski definition) is 5. The molecule has 134 valence electrons. The molecule has 3 N–H and O–H groups in total. The molecule has 0 saturated heterocycles. The van der Waals surface area contributed by atoms with E-state index < -0.39 is 6.17 Å². The van der Waals surface area contributed by atoms with Gasteiger partial charge in [0.05, 0.1) is 0 Å². The average Bonchev–Trinajstić information content (AvgIpc) is 2.59. The predicted octanol–water partition coefficient (Wildman–Crippen LogP) is 2.70. The summed E-state index contributed by atoms with van der Waals surface area (Å²) < 4.78 is 0. The molecule has 6 nitrogen and oxygen atoms in total. The lowest BCUT2D eigenvalue weighted by atomic mass is 10.0. The van der Waals surface area contributed by atoms with Crippen LogP contribution in [-0.4, -0.2) is 37.2 Å². The number of carbonyl (C=O) groups is 2. The Labute approximate surface area is 147 Å². The number of benzene rings is 2. The molecule has 1 amide bonds. The van der Waals surface area contributed by atoms with Gasteiger partial charge in [-0.2, -0.15) is 5.48 Å². The van der Waals surface area contributed by atoms with Gasteiger partial charge in [-0.3, -0.25) is 4.79 Å². The Kier molecular flexibility index (Phi) is 6.50. The number of carbonyl (C=O) groups excluding carboxylic acids is 2.